The molecule has 3 atom stereocenters. The van der Waals surface area contributed by atoms with Gasteiger partial charge in [0.05, 0.1) is 5.92 Å². The van der Waals surface area contributed by atoms with Crippen LogP contribution in [0.5, 0.6) is 0 Å². The fourth-order valence-electron chi connectivity index (χ4n) is 4.23. The summed E-state index contributed by atoms with van der Waals surface area (Å²) < 4.78 is 18.7. The van der Waals surface area contributed by atoms with Gasteiger partial charge < -0.3 is 4.74 Å². The van der Waals surface area contributed by atoms with Gasteiger partial charge in [0.2, 0.25) is 0 Å². The zero-order valence-corrected chi connectivity index (χ0v) is 16.3. The van der Waals surface area contributed by atoms with Gasteiger partial charge in [-0.25, -0.2) is 4.39 Å². The molecule has 2 aromatic rings. The van der Waals surface area contributed by atoms with E-state index >= 15 is 0 Å². The second kappa shape index (κ2) is 7.98. The molecule has 0 aliphatic heterocycles. The standard InChI is InChI=1S/C24H23FO3/c1-5-6-18-13-21(28-16(4)26)23(24(18)27)22-14(2)11-19(12-15(22)3)17-7-9-20(25)10-8-17/h1,7-12,18,21,23H,6,13H2,2-4H3. The van der Waals surface area contributed by atoms with Gasteiger partial charge in [-0.05, 0) is 60.2 Å². The van der Waals surface area contributed by atoms with Crippen LogP contribution in [0.1, 0.15) is 42.4 Å². The molecule has 0 saturated heterocycles. The minimum absolute atomic E-state index is 0.0323. The summed E-state index contributed by atoms with van der Waals surface area (Å²) in [5.74, 6) is 1.10. The van der Waals surface area contributed by atoms with Crippen molar-refractivity contribution in [2.45, 2.75) is 45.6 Å². The maximum Gasteiger partial charge on any atom is 0.302 e. The Labute approximate surface area is 164 Å². The van der Waals surface area contributed by atoms with Crippen LogP contribution in [-0.4, -0.2) is 17.9 Å². The molecule has 0 N–H and O–H groups in total. The van der Waals surface area contributed by atoms with Crippen molar-refractivity contribution in [3.63, 3.8) is 0 Å². The lowest BCUT2D eigenvalue weighted by molar-refractivity contribution is -0.147. The smallest absolute Gasteiger partial charge is 0.302 e. The van der Waals surface area contributed by atoms with E-state index in [0.717, 1.165) is 27.8 Å². The first-order chi connectivity index (χ1) is 13.3. The van der Waals surface area contributed by atoms with E-state index in [-0.39, 0.29) is 17.5 Å². The van der Waals surface area contributed by atoms with Crippen molar-refractivity contribution in [3.05, 3.63) is 58.9 Å². The van der Waals surface area contributed by atoms with Crippen LogP contribution >= 0.6 is 0 Å². The quantitative estimate of drug-likeness (QED) is 0.570. The number of ketones is 1. The number of Topliss-reactive ketones (excluding diaryl/α,β-unsaturated/α-hetero) is 1. The van der Waals surface area contributed by atoms with Crippen molar-refractivity contribution >= 4 is 11.8 Å². The molecule has 3 unspecified atom stereocenters. The molecule has 1 aliphatic rings. The lowest BCUT2D eigenvalue weighted by Crippen LogP contribution is -2.24. The fraction of sp³-hybridized carbons (Fsp3) is 0.333. The zero-order chi connectivity index (χ0) is 20.4. The highest BCUT2D eigenvalue weighted by molar-refractivity contribution is 5.92. The number of benzene rings is 2. The van der Waals surface area contributed by atoms with E-state index in [1.54, 1.807) is 12.1 Å². The van der Waals surface area contributed by atoms with Gasteiger partial charge in [-0.1, -0.05) is 24.3 Å². The van der Waals surface area contributed by atoms with Crippen LogP contribution in [0.15, 0.2) is 36.4 Å². The molecule has 1 aliphatic carbocycles. The molecule has 1 fully saturated rings. The van der Waals surface area contributed by atoms with Crippen LogP contribution < -0.4 is 0 Å². The molecule has 2 aromatic carbocycles. The average Bonchev–Trinajstić information content (AvgIpc) is 2.90. The second-order valence-electron chi connectivity index (χ2n) is 7.40. The topological polar surface area (TPSA) is 43.4 Å². The van der Waals surface area contributed by atoms with Gasteiger partial charge in [0.25, 0.3) is 0 Å². The van der Waals surface area contributed by atoms with Gasteiger partial charge in [-0.3, -0.25) is 9.59 Å². The first kappa shape index (κ1) is 19.8. The van der Waals surface area contributed by atoms with Crippen LogP contribution in [0.25, 0.3) is 11.1 Å². The van der Waals surface area contributed by atoms with Crippen molar-refractivity contribution in [2.75, 3.05) is 0 Å². The van der Waals surface area contributed by atoms with E-state index in [1.807, 2.05) is 26.0 Å². The molecule has 0 spiro atoms. The normalized spacial score (nSPS) is 21.4. The molecule has 3 nitrogen and oxygen atoms in total. The number of aryl methyl sites for hydroxylation is 2. The third kappa shape index (κ3) is 3.84. The number of halogens is 1. The number of rotatable bonds is 4. The predicted octanol–water partition coefficient (Wildman–Crippen LogP) is 4.74. The van der Waals surface area contributed by atoms with Crippen LogP contribution in [0.2, 0.25) is 0 Å². The van der Waals surface area contributed by atoms with Crippen LogP contribution in [-0.2, 0) is 14.3 Å². The molecule has 4 heteroatoms. The van der Waals surface area contributed by atoms with Crippen molar-refractivity contribution in [2.24, 2.45) is 5.92 Å². The van der Waals surface area contributed by atoms with Crippen LogP contribution in [0.4, 0.5) is 4.39 Å². The number of carbonyl (C=O) groups excluding carboxylic acids is 2. The van der Waals surface area contributed by atoms with Gasteiger partial charge in [0, 0.05) is 19.3 Å². The Morgan fingerprint density at radius 3 is 2.32 bits per heavy atom. The third-order valence-electron chi connectivity index (χ3n) is 5.36. The Bertz CT molecular complexity index is 930. The number of ether oxygens (including phenoxy) is 1. The highest BCUT2D eigenvalue weighted by Crippen LogP contribution is 2.42. The summed E-state index contributed by atoms with van der Waals surface area (Å²) in [5.41, 5.74) is 4.63. The average molecular weight is 378 g/mol. The monoisotopic (exact) mass is 378 g/mol. The summed E-state index contributed by atoms with van der Waals surface area (Å²) in [7, 11) is 0. The van der Waals surface area contributed by atoms with Gasteiger partial charge in [-0.15, -0.1) is 12.3 Å². The zero-order valence-electron chi connectivity index (χ0n) is 16.3. The maximum atomic E-state index is 13.2. The largest absolute Gasteiger partial charge is 0.461 e. The summed E-state index contributed by atoms with van der Waals surface area (Å²) in [5, 5.41) is 0. The molecule has 0 heterocycles. The molecule has 0 radical (unpaired) electrons. The number of terminal acetylenes is 1. The van der Waals surface area contributed by atoms with Crippen molar-refractivity contribution < 1.29 is 18.7 Å². The van der Waals surface area contributed by atoms with E-state index < -0.39 is 18.0 Å². The summed E-state index contributed by atoms with van der Waals surface area (Å²) in [4.78, 5) is 24.6. The van der Waals surface area contributed by atoms with Crippen molar-refractivity contribution in [3.8, 4) is 23.5 Å². The Morgan fingerprint density at radius 2 is 1.79 bits per heavy atom. The molecular weight excluding hydrogens is 355 g/mol. The molecule has 1 saturated carbocycles. The van der Waals surface area contributed by atoms with E-state index in [2.05, 4.69) is 5.92 Å². The molecule has 144 valence electrons. The predicted molar refractivity (Wildman–Crippen MR) is 106 cm³/mol. The lowest BCUT2D eigenvalue weighted by Gasteiger charge is -2.23. The summed E-state index contributed by atoms with van der Waals surface area (Å²) >= 11 is 0. The number of esters is 1. The molecular formula is C24H23FO3. The van der Waals surface area contributed by atoms with Crippen LogP contribution in [0.3, 0.4) is 0 Å². The number of carbonyl (C=O) groups is 2. The maximum absolute atomic E-state index is 13.2. The minimum Gasteiger partial charge on any atom is -0.461 e. The van der Waals surface area contributed by atoms with Gasteiger partial charge >= 0.3 is 5.97 Å². The van der Waals surface area contributed by atoms with Crippen molar-refractivity contribution in [1.82, 2.24) is 0 Å². The Morgan fingerprint density at radius 1 is 1.18 bits per heavy atom. The molecule has 0 bridgehead atoms. The third-order valence-corrected chi connectivity index (χ3v) is 5.36. The summed E-state index contributed by atoms with van der Waals surface area (Å²) in [6.45, 7) is 5.25. The number of hydrogen-bond donors (Lipinski definition) is 0. The summed E-state index contributed by atoms with van der Waals surface area (Å²) in [6, 6.07) is 10.3. The van der Waals surface area contributed by atoms with Gasteiger partial charge in [-0.2, -0.15) is 0 Å². The molecule has 28 heavy (non-hydrogen) atoms. The Balaban J connectivity index is 2.03. The molecule has 0 aromatic heterocycles. The minimum atomic E-state index is -0.510. The van der Waals surface area contributed by atoms with Gasteiger partial charge in [0.1, 0.15) is 17.7 Å². The van der Waals surface area contributed by atoms with E-state index in [1.165, 1.54) is 19.1 Å². The number of hydrogen-bond acceptors (Lipinski definition) is 3. The Kier molecular flexibility index (Phi) is 5.65. The van der Waals surface area contributed by atoms with Crippen LogP contribution in [0, 0.1) is 37.9 Å². The Hall–Kier alpha value is -2.93. The van der Waals surface area contributed by atoms with Crippen molar-refractivity contribution in [1.29, 1.82) is 0 Å². The fourth-order valence-corrected chi connectivity index (χ4v) is 4.23. The van der Waals surface area contributed by atoms with E-state index in [9.17, 15) is 14.0 Å². The second-order valence-corrected chi connectivity index (χ2v) is 7.40. The lowest BCUT2D eigenvalue weighted by atomic mass is 9.84. The molecule has 3 rings (SSSR count). The SMILES string of the molecule is C#CCC1CC(OC(C)=O)C(c2c(C)cc(-c3ccc(F)cc3)cc2C)C1=O. The van der Waals surface area contributed by atoms with Gasteiger partial charge in [0.15, 0.2) is 0 Å². The summed E-state index contributed by atoms with van der Waals surface area (Å²) in [6.07, 6.45) is 5.71. The highest BCUT2D eigenvalue weighted by atomic mass is 19.1. The first-order valence-corrected chi connectivity index (χ1v) is 9.33. The molecule has 0 amide bonds. The van der Waals surface area contributed by atoms with E-state index in [0.29, 0.717) is 12.8 Å². The van der Waals surface area contributed by atoms with E-state index in [4.69, 9.17) is 11.2 Å². The first-order valence-electron chi connectivity index (χ1n) is 9.33. The highest BCUT2D eigenvalue weighted by Gasteiger charge is 2.45.